The van der Waals surface area contributed by atoms with Gasteiger partial charge < -0.3 is 14.4 Å². The second-order valence-corrected chi connectivity index (χ2v) is 8.45. The van der Waals surface area contributed by atoms with E-state index in [9.17, 15) is 4.79 Å². The molecule has 7 heteroatoms. The fourth-order valence-electron chi connectivity index (χ4n) is 3.66. The van der Waals surface area contributed by atoms with Gasteiger partial charge in [-0.3, -0.25) is 9.69 Å². The van der Waals surface area contributed by atoms with Crippen molar-refractivity contribution in [2.45, 2.75) is 12.8 Å². The zero-order valence-electron chi connectivity index (χ0n) is 17.3. The number of thiazole rings is 1. The molecule has 1 saturated heterocycles. The molecule has 0 aliphatic carbocycles. The summed E-state index contributed by atoms with van der Waals surface area (Å²) in [4.78, 5) is 20.7. The highest BCUT2D eigenvalue weighted by atomic mass is 32.1. The Bertz CT molecular complexity index is 932. The first-order valence-electron chi connectivity index (χ1n) is 10.3. The molecule has 1 amide bonds. The van der Waals surface area contributed by atoms with Crippen LogP contribution in [0.4, 0.5) is 0 Å². The third-order valence-electron chi connectivity index (χ3n) is 5.34. The molecule has 2 heterocycles. The van der Waals surface area contributed by atoms with Crippen LogP contribution >= 0.6 is 11.3 Å². The maximum Gasteiger partial charge on any atom is 0.279 e. The third-order valence-corrected chi connectivity index (χ3v) is 6.25. The summed E-state index contributed by atoms with van der Waals surface area (Å²) in [5, 5.41) is 0.673. The molecule has 0 N–H and O–H groups in total. The number of methoxy groups -OCH3 is 1. The van der Waals surface area contributed by atoms with Crippen LogP contribution in [-0.4, -0.2) is 67.1 Å². The molecule has 0 spiro atoms. The number of hydrogen-bond donors (Lipinski definition) is 0. The van der Waals surface area contributed by atoms with Crippen molar-refractivity contribution >= 4 is 27.5 Å². The smallest absolute Gasteiger partial charge is 0.279 e. The minimum absolute atomic E-state index is 0.0882. The average molecular weight is 426 g/mol. The molecule has 1 aliphatic rings. The number of nitrogens with zero attached hydrogens (tertiary/aromatic N) is 3. The van der Waals surface area contributed by atoms with Crippen LogP contribution in [0.2, 0.25) is 0 Å². The zero-order chi connectivity index (χ0) is 20.8. The molecule has 0 bridgehead atoms. The van der Waals surface area contributed by atoms with Crippen LogP contribution in [0.3, 0.4) is 0 Å². The monoisotopic (exact) mass is 425 g/mol. The lowest BCUT2D eigenvalue weighted by molar-refractivity contribution is -0.136. The minimum Gasteiger partial charge on any atom is -0.431 e. The van der Waals surface area contributed by atoms with Gasteiger partial charge in [0.2, 0.25) is 5.91 Å². The van der Waals surface area contributed by atoms with Gasteiger partial charge in [0.25, 0.3) is 5.19 Å². The van der Waals surface area contributed by atoms with Crippen molar-refractivity contribution in [3.8, 4) is 10.9 Å². The van der Waals surface area contributed by atoms with Gasteiger partial charge in [-0.1, -0.05) is 35.6 Å². The maximum atomic E-state index is 11.9. The molecule has 3 aromatic rings. The Kier molecular flexibility index (Phi) is 6.94. The first kappa shape index (κ1) is 20.8. The van der Waals surface area contributed by atoms with E-state index in [1.54, 1.807) is 18.4 Å². The Hall–Kier alpha value is -2.48. The van der Waals surface area contributed by atoms with Crippen LogP contribution in [0.5, 0.6) is 10.9 Å². The Labute approximate surface area is 181 Å². The second-order valence-electron chi connectivity index (χ2n) is 7.45. The molecule has 0 atom stereocenters. The second kappa shape index (κ2) is 10.0. The van der Waals surface area contributed by atoms with Crippen LogP contribution in [0, 0.1) is 0 Å². The summed E-state index contributed by atoms with van der Waals surface area (Å²) in [6, 6.07) is 16.3. The Balaban J connectivity index is 1.20. The molecule has 1 fully saturated rings. The minimum atomic E-state index is 0.0882. The van der Waals surface area contributed by atoms with Gasteiger partial charge in [0.15, 0.2) is 0 Å². The molecular formula is C23H27N3O3S. The van der Waals surface area contributed by atoms with Crippen molar-refractivity contribution in [1.29, 1.82) is 0 Å². The van der Waals surface area contributed by atoms with Crippen molar-refractivity contribution in [1.82, 2.24) is 14.8 Å². The summed E-state index contributed by atoms with van der Waals surface area (Å²) < 4.78 is 12.0. The first-order valence-corrected chi connectivity index (χ1v) is 11.1. The van der Waals surface area contributed by atoms with E-state index in [0.717, 1.165) is 61.5 Å². The predicted octanol–water partition coefficient (Wildman–Crippen LogP) is 3.81. The number of fused-ring (bicyclic) bond motifs is 1. The first-order chi connectivity index (χ1) is 14.7. The fraction of sp³-hybridized carbons (Fsp3) is 0.391. The summed E-state index contributed by atoms with van der Waals surface area (Å²) >= 11 is 1.56. The van der Waals surface area contributed by atoms with E-state index in [-0.39, 0.29) is 12.5 Å². The van der Waals surface area contributed by atoms with E-state index < -0.39 is 0 Å². The molecule has 158 valence electrons. The van der Waals surface area contributed by atoms with Gasteiger partial charge in [0.05, 0.1) is 10.2 Å². The van der Waals surface area contributed by atoms with E-state index in [1.165, 1.54) is 5.56 Å². The third kappa shape index (κ3) is 5.36. The molecule has 0 radical (unpaired) electrons. The van der Waals surface area contributed by atoms with Crippen LogP contribution in [0.25, 0.3) is 10.2 Å². The summed E-state index contributed by atoms with van der Waals surface area (Å²) in [5.74, 6) is 0.903. The van der Waals surface area contributed by atoms with Crippen molar-refractivity contribution in [2.24, 2.45) is 0 Å². The number of benzene rings is 2. The molecule has 0 saturated carbocycles. The normalized spacial score (nSPS) is 14.9. The molecule has 0 unspecified atom stereocenters. The van der Waals surface area contributed by atoms with Crippen LogP contribution in [0.1, 0.15) is 12.0 Å². The van der Waals surface area contributed by atoms with Gasteiger partial charge in [-0.2, -0.15) is 0 Å². The Morgan fingerprint density at radius 3 is 2.57 bits per heavy atom. The highest BCUT2D eigenvalue weighted by Gasteiger charge is 2.20. The van der Waals surface area contributed by atoms with Crippen molar-refractivity contribution in [2.75, 3.05) is 46.4 Å². The molecule has 30 heavy (non-hydrogen) atoms. The number of carbonyl (C=O) groups excluding carboxylic acids is 1. The van der Waals surface area contributed by atoms with Crippen LogP contribution in [0.15, 0.2) is 48.5 Å². The maximum absolute atomic E-state index is 11.9. The van der Waals surface area contributed by atoms with E-state index in [4.69, 9.17) is 9.47 Å². The summed E-state index contributed by atoms with van der Waals surface area (Å²) in [6.45, 7) is 4.68. The summed E-state index contributed by atoms with van der Waals surface area (Å²) in [5.41, 5.74) is 2.28. The zero-order valence-corrected chi connectivity index (χ0v) is 18.1. The van der Waals surface area contributed by atoms with Gasteiger partial charge >= 0.3 is 0 Å². The van der Waals surface area contributed by atoms with Gasteiger partial charge in [0.1, 0.15) is 12.4 Å². The van der Waals surface area contributed by atoms with Crippen LogP contribution in [-0.2, 0) is 16.0 Å². The lowest BCUT2D eigenvalue weighted by Gasteiger charge is -2.34. The number of amides is 1. The Morgan fingerprint density at radius 2 is 1.83 bits per heavy atom. The number of rotatable bonds is 8. The van der Waals surface area contributed by atoms with E-state index in [1.807, 2.05) is 35.2 Å². The number of aromatic nitrogens is 1. The number of carbonyl (C=O) groups is 1. The van der Waals surface area contributed by atoms with E-state index >= 15 is 0 Å². The van der Waals surface area contributed by atoms with Gasteiger partial charge in [0, 0.05) is 33.3 Å². The van der Waals surface area contributed by atoms with Gasteiger partial charge in [-0.05, 0) is 49.2 Å². The predicted molar refractivity (Wildman–Crippen MR) is 119 cm³/mol. The molecule has 1 aliphatic heterocycles. The Morgan fingerprint density at radius 1 is 1.07 bits per heavy atom. The van der Waals surface area contributed by atoms with Crippen LogP contribution < -0.4 is 4.74 Å². The summed E-state index contributed by atoms with van der Waals surface area (Å²) in [7, 11) is 1.56. The fourth-order valence-corrected chi connectivity index (χ4v) is 4.50. The quantitative estimate of drug-likeness (QED) is 0.549. The highest BCUT2D eigenvalue weighted by Crippen LogP contribution is 2.31. The number of ether oxygens (including phenoxy) is 2. The average Bonchev–Trinajstić information content (AvgIpc) is 3.18. The van der Waals surface area contributed by atoms with Gasteiger partial charge in [-0.15, -0.1) is 0 Å². The lowest BCUT2D eigenvalue weighted by Crippen LogP contribution is -2.49. The van der Waals surface area contributed by atoms with Crippen molar-refractivity contribution in [3.05, 3.63) is 54.1 Å². The van der Waals surface area contributed by atoms with E-state index in [0.29, 0.717) is 5.19 Å². The number of hydrogen-bond acceptors (Lipinski definition) is 6. The highest BCUT2D eigenvalue weighted by molar-refractivity contribution is 7.20. The van der Waals surface area contributed by atoms with E-state index in [2.05, 4.69) is 28.1 Å². The largest absolute Gasteiger partial charge is 0.431 e. The summed E-state index contributed by atoms with van der Waals surface area (Å²) in [6.07, 6.45) is 2.13. The standard InChI is InChI=1S/C23H27N3O3S/c1-28-17-22(27)26-15-13-25(14-16-26)12-4-5-18-8-10-19(11-9-18)29-23-24-20-6-2-3-7-21(20)30-23/h2-3,6-11H,4-5,12-17H2,1H3. The number of aryl methyl sites for hydroxylation is 1. The van der Waals surface area contributed by atoms with Crippen molar-refractivity contribution in [3.63, 3.8) is 0 Å². The van der Waals surface area contributed by atoms with Crippen molar-refractivity contribution < 1.29 is 14.3 Å². The molecule has 6 nitrogen and oxygen atoms in total. The molecular weight excluding hydrogens is 398 g/mol. The topological polar surface area (TPSA) is 54.9 Å². The molecule has 4 rings (SSSR count). The van der Waals surface area contributed by atoms with Gasteiger partial charge in [-0.25, -0.2) is 4.98 Å². The molecule has 1 aromatic heterocycles. The number of para-hydroxylation sites is 1. The molecule has 2 aromatic carbocycles. The number of piperazine rings is 1. The SMILES string of the molecule is COCC(=O)N1CCN(CCCc2ccc(Oc3nc4ccccc4s3)cc2)CC1. The lowest BCUT2D eigenvalue weighted by atomic mass is 10.1.